The standard InChI is InChI=1S/C21H20N2O5/c1-27-10-8-23-18(15-3-2-7-22-12-15)17(20(25)21(23)26)19(24)14-4-5-16-13(11-14)6-9-28-16/h2-5,7,11-12,18,24H,6,8-10H2,1H3/b19-17-. The summed E-state index contributed by atoms with van der Waals surface area (Å²) in [5.74, 6) is -0.779. The van der Waals surface area contributed by atoms with E-state index in [1.165, 1.54) is 12.0 Å². The summed E-state index contributed by atoms with van der Waals surface area (Å²) >= 11 is 0. The molecule has 1 fully saturated rings. The number of ketones is 1. The van der Waals surface area contributed by atoms with Gasteiger partial charge in [-0.1, -0.05) is 6.07 Å². The van der Waals surface area contributed by atoms with E-state index in [1.807, 2.05) is 0 Å². The van der Waals surface area contributed by atoms with Crippen molar-refractivity contribution in [3.05, 3.63) is 65.0 Å². The van der Waals surface area contributed by atoms with Crippen molar-refractivity contribution in [2.75, 3.05) is 26.9 Å². The molecule has 0 spiro atoms. The SMILES string of the molecule is COCCN1C(=O)C(=O)/C(=C(\O)c2ccc3c(c2)CCO3)C1c1cccnc1. The van der Waals surface area contributed by atoms with Crippen molar-refractivity contribution >= 4 is 17.4 Å². The van der Waals surface area contributed by atoms with Crippen molar-refractivity contribution in [2.45, 2.75) is 12.5 Å². The summed E-state index contributed by atoms with van der Waals surface area (Å²) in [6.07, 6.45) is 3.95. The molecule has 0 aliphatic carbocycles. The number of amides is 1. The lowest BCUT2D eigenvalue weighted by Gasteiger charge is -2.24. The fraction of sp³-hybridized carbons (Fsp3) is 0.286. The summed E-state index contributed by atoms with van der Waals surface area (Å²) in [5.41, 5.74) is 2.18. The number of carbonyl (C=O) groups is 2. The first-order valence-corrected chi connectivity index (χ1v) is 9.05. The number of methoxy groups -OCH3 is 1. The molecule has 1 saturated heterocycles. The van der Waals surface area contributed by atoms with E-state index in [4.69, 9.17) is 9.47 Å². The number of pyridine rings is 1. The molecule has 7 nitrogen and oxygen atoms in total. The smallest absolute Gasteiger partial charge is 0.295 e. The molecule has 0 saturated carbocycles. The van der Waals surface area contributed by atoms with Crippen LogP contribution in [0.15, 0.2) is 48.3 Å². The fourth-order valence-corrected chi connectivity index (χ4v) is 3.67. The summed E-state index contributed by atoms with van der Waals surface area (Å²) in [6, 6.07) is 8.08. The number of rotatable bonds is 5. The van der Waals surface area contributed by atoms with Crippen LogP contribution in [0.4, 0.5) is 0 Å². The van der Waals surface area contributed by atoms with Crippen LogP contribution >= 0.6 is 0 Å². The number of carbonyl (C=O) groups excluding carboxylic acids is 2. The molecule has 2 aromatic rings. The van der Waals surface area contributed by atoms with Crippen molar-refractivity contribution in [2.24, 2.45) is 0 Å². The van der Waals surface area contributed by atoms with Gasteiger partial charge in [0.15, 0.2) is 0 Å². The Bertz CT molecular complexity index is 955. The molecule has 7 heteroatoms. The Hall–Kier alpha value is -3.19. The van der Waals surface area contributed by atoms with Gasteiger partial charge in [0.25, 0.3) is 11.7 Å². The Labute approximate surface area is 162 Å². The van der Waals surface area contributed by atoms with Crippen LogP contribution in [0.2, 0.25) is 0 Å². The minimum Gasteiger partial charge on any atom is -0.507 e. The van der Waals surface area contributed by atoms with Gasteiger partial charge in [-0.3, -0.25) is 14.6 Å². The molecule has 1 atom stereocenters. The number of fused-ring (bicyclic) bond motifs is 1. The van der Waals surface area contributed by atoms with Crippen LogP contribution in [-0.4, -0.2) is 53.5 Å². The molecule has 1 amide bonds. The fourth-order valence-electron chi connectivity index (χ4n) is 3.67. The second-order valence-electron chi connectivity index (χ2n) is 6.69. The minimum absolute atomic E-state index is 0.0629. The lowest BCUT2D eigenvalue weighted by molar-refractivity contribution is -0.140. The second kappa shape index (κ2) is 7.44. The first-order valence-electron chi connectivity index (χ1n) is 9.05. The van der Waals surface area contributed by atoms with Crippen LogP contribution in [0.1, 0.15) is 22.7 Å². The Morgan fingerprint density at radius 2 is 2.21 bits per heavy atom. The van der Waals surface area contributed by atoms with Gasteiger partial charge in [0.1, 0.15) is 11.5 Å². The number of Topliss-reactive ketones (excluding diaryl/α,β-unsaturated/α-hetero) is 1. The highest BCUT2D eigenvalue weighted by Gasteiger charge is 2.46. The van der Waals surface area contributed by atoms with Crippen LogP contribution < -0.4 is 4.74 Å². The van der Waals surface area contributed by atoms with Crippen LogP contribution in [0, 0.1) is 0 Å². The maximum atomic E-state index is 12.8. The topological polar surface area (TPSA) is 89.0 Å². The molecule has 1 unspecified atom stereocenters. The lowest BCUT2D eigenvalue weighted by atomic mass is 9.95. The number of ether oxygens (including phenoxy) is 2. The molecule has 3 heterocycles. The van der Waals surface area contributed by atoms with Gasteiger partial charge in [-0.15, -0.1) is 0 Å². The largest absolute Gasteiger partial charge is 0.507 e. The predicted molar refractivity (Wildman–Crippen MR) is 101 cm³/mol. The van der Waals surface area contributed by atoms with Crippen molar-refractivity contribution in [3.63, 3.8) is 0 Å². The second-order valence-corrected chi connectivity index (χ2v) is 6.69. The number of nitrogens with zero attached hydrogens (tertiary/aromatic N) is 2. The van der Waals surface area contributed by atoms with Crippen molar-refractivity contribution in [1.82, 2.24) is 9.88 Å². The highest BCUT2D eigenvalue weighted by Crippen LogP contribution is 2.39. The number of likely N-dealkylation sites (tertiary alicyclic amines) is 1. The van der Waals surface area contributed by atoms with Crippen LogP contribution in [-0.2, 0) is 20.7 Å². The van der Waals surface area contributed by atoms with E-state index in [9.17, 15) is 14.7 Å². The Morgan fingerprint density at radius 1 is 1.36 bits per heavy atom. The number of aromatic nitrogens is 1. The van der Waals surface area contributed by atoms with E-state index in [0.29, 0.717) is 17.7 Å². The summed E-state index contributed by atoms with van der Waals surface area (Å²) in [6.45, 7) is 1.10. The Kier molecular flexibility index (Phi) is 4.83. The average molecular weight is 380 g/mol. The van der Waals surface area contributed by atoms with Crippen molar-refractivity contribution in [1.29, 1.82) is 0 Å². The molecule has 1 N–H and O–H groups in total. The van der Waals surface area contributed by atoms with Crippen LogP contribution in [0.3, 0.4) is 0 Å². The molecule has 0 bridgehead atoms. The third-order valence-electron chi connectivity index (χ3n) is 5.04. The third-order valence-corrected chi connectivity index (χ3v) is 5.04. The molecule has 0 radical (unpaired) electrons. The number of hydrogen-bond donors (Lipinski definition) is 1. The van der Waals surface area contributed by atoms with E-state index in [-0.39, 0.29) is 24.5 Å². The van der Waals surface area contributed by atoms with E-state index in [2.05, 4.69) is 4.98 Å². The normalized spacial score (nSPS) is 20.3. The molecule has 1 aromatic heterocycles. The number of aliphatic hydroxyl groups excluding tert-OH is 1. The lowest BCUT2D eigenvalue weighted by Crippen LogP contribution is -2.32. The first-order chi connectivity index (χ1) is 13.6. The minimum atomic E-state index is -0.714. The third kappa shape index (κ3) is 3.03. The van der Waals surface area contributed by atoms with Crippen molar-refractivity contribution in [3.8, 4) is 5.75 Å². The highest BCUT2D eigenvalue weighted by molar-refractivity contribution is 6.46. The summed E-state index contributed by atoms with van der Waals surface area (Å²) in [5, 5.41) is 11.0. The zero-order valence-electron chi connectivity index (χ0n) is 15.4. The van der Waals surface area contributed by atoms with Crippen LogP contribution in [0.5, 0.6) is 5.75 Å². The molecule has 1 aromatic carbocycles. The molecule has 144 valence electrons. The number of hydrogen-bond acceptors (Lipinski definition) is 6. The van der Waals surface area contributed by atoms with Gasteiger partial charge in [-0.25, -0.2) is 0 Å². The van der Waals surface area contributed by atoms with E-state index in [1.54, 1.807) is 42.7 Å². The van der Waals surface area contributed by atoms with Gasteiger partial charge < -0.3 is 19.5 Å². The quantitative estimate of drug-likeness (QED) is 0.485. The van der Waals surface area contributed by atoms with Gasteiger partial charge in [0, 0.05) is 38.0 Å². The zero-order chi connectivity index (χ0) is 19.7. The van der Waals surface area contributed by atoms with Gasteiger partial charge in [0.2, 0.25) is 0 Å². The molecular weight excluding hydrogens is 360 g/mol. The molecule has 4 rings (SSSR count). The van der Waals surface area contributed by atoms with E-state index < -0.39 is 17.7 Å². The Balaban J connectivity index is 1.83. The predicted octanol–water partition coefficient (Wildman–Crippen LogP) is 2.08. The zero-order valence-corrected chi connectivity index (χ0v) is 15.4. The number of aliphatic hydroxyl groups is 1. The summed E-state index contributed by atoms with van der Waals surface area (Å²) in [7, 11) is 1.53. The van der Waals surface area contributed by atoms with Crippen molar-refractivity contribution < 1.29 is 24.2 Å². The summed E-state index contributed by atoms with van der Waals surface area (Å²) in [4.78, 5) is 31.0. The molecular formula is C21H20N2O5. The summed E-state index contributed by atoms with van der Waals surface area (Å²) < 4.78 is 10.6. The van der Waals surface area contributed by atoms with E-state index in [0.717, 1.165) is 17.7 Å². The van der Waals surface area contributed by atoms with Gasteiger partial charge in [-0.2, -0.15) is 0 Å². The van der Waals surface area contributed by atoms with Gasteiger partial charge in [-0.05, 0) is 35.4 Å². The van der Waals surface area contributed by atoms with E-state index >= 15 is 0 Å². The molecule has 28 heavy (non-hydrogen) atoms. The first kappa shape index (κ1) is 18.2. The van der Waals surface area contributed by atoms with Gasteiger partial charge >= 0.3 is 0 Å². The Morgan fingerprint density at radius 3 is 2.96 bits per heavy atom. The molecule has 2 aliphatic rings. The van der Waals surface area contributed by atoms with Crippen LogP contribution in [0.25, 0.3) is 5.76 Å². The highest BCUT2D eigenvalue weighted by atomic mass is 16.5. The number of benzene rings is 1. The van der Waals surface area contributed by atoms with Gasteiger partial charge in [0.05, 0.1) is 24.8 Å². The average Bonchev–Trinajstić information content (AvgIpc) is 3.29. The molecule has 2 aliphatic heterocycles. The monoisotopic (exact) mass is 380 g/mol. The maximum Gasteiger partial charge on any atom is 0.295 e. The maximum absolute atomic E-state index is 12.8.